The molecule has 3 aliphatic rings. The number of esters is 1. The highest BCUT2D eigenvalue weighted by Gasteiger charge is 2.40. The first kappa shape index (κ1) is 31.5. The van der Waals surface area contributed by atoms with Gasteiger partial charge in [-0.1, -0.05) is 41.4 Å². The van der Waals surface area contributed by atoms with E-state index in [-0.39, 0.29) is 52.1 Å². The molecule has 0 N–H and O–H groups in total. The van der Waals surface area contributed by atoms with Crippen molar-refractivity contribution in [1.82, 2.24) is 24.9 Å². The number of benzene rings is 3. The van der Waals surface area contributed by atoms with Crippen LogP contribution >= 0.6 is 23.2 Å². The maximum atomic E-state index is 15.9. The van der Waals surface area contributed by atoms with Crippen molar-refractivity contribution in [3.63, 3.8) is 0 Å². The van der Waals surface area contributed by atoms with Crippen LogP contribution in [-0.2, 0) is 23.1 Å². The number of pyridine rings is 1. The van der Waals surface area contributed by atoms with Gasteiger partial charge in [0.25, 0.3) is 5.91 Å². The summed E-state index contributed by atoms with van der Waals surface area (Å²) < 4.78 is 32.9. The molecule has 2 aromatic heterocycles. The summed E-state index contributed by atoms with van der Waals surface area (Å²) in [6.45, 7) is 1.11. The van der Waals surface area contributed by atoms with E-state index >= 15 is 4.39 Å². The number of para-hydroxylation sites is 1. The average molecular weight is 704 g/mol. The number of ether oxygens (including phenoxy) is 3. The fourth-order valence-electron chi connectivity index (χ4n) is 7.14. The van der Waals surface area contributed by atoms with Crippen molar-refractivity contribution in [3.8, 4) is 28.0 Å². The van der Waals surface area contributed by atoms with Gasteiger partial charge in [-0.3, -0.25) is 4.79 Å². The summed E-state index contributed by atoms with van der Waals surface area (Å²) in [6.07, 6.45) is 3.45. The Balaban J connectivity index is 1.11. The zero-order chi connectivity index (χ0) is 34.0. The number of rotatable bonds is 5. The number of aromatic nitrogens is 4. The minimum absolute atomic E-state index is 0.0754. The van der Waals surface area contributed by atoms with Crippen LogP contribution < -0.4 is 9.64 Å². The molecule has 8 rings (SSSR count). The summed E-state index contributed by atoms with van der Waals surface area (Å²) in [7, 11) is 2.99. The molecule has 2 atom stereocenters. The predicted molar refractivity (Wildman–Crippen MR) is 180 cm³/mol. The lowest BCUT2D eigenvalue weighted by Gasteiger charge is -2.37. The van der Waals surface area contributed by atoms with Gasteiger partial charge >= 0.3 is 5.97 Å². The summed E-state index contributed by atoms with van der Waals surface area (Å²) in [6, 6.07) is 13.6. The molecule has 14 heteroatoms. The number of fused-ring (bicyclic) bond motifs is 4. The third-order valence-electron chi connectivity index (χ3n) is 9.37. The Morgan fingerprint density at radius 2 is 1.73 bits per heavy atom. The van der Waals surface area contributed by atoms with Gasteiger partial charge in [0.1, 0.15) is 17.1 Å². The van der Waals surface area contributed by atoms with Crippen LogP contribution in [0.15, 0.2) is 54.7 Å². The second kappa shape index (κ2) is 12.3. The van der Waals surface area contributed by atoms with Crippen molar-refractivity contribution in [2.24, 2.45) is 7.05 Å². The third-order valence-corrected chi connectivity index (χ3v) is 9.96. The molecule has 49 heavy (non-hydrogen) atoms. The van der Waals surface area contributed by atoms with Crippen molar-refractivity contribution in [2.45, 2.75) is 31.5 Å². The van der Waals surface area contributed by atoms with Crippen LogP contribution in [0, 0.1) is 5.82 Å². The number of amides is 1. The summed E-state index contributed by atoms with van der Waals surface area (Å²) in [4.78, 5) is 36.0. The predicted octanol–water partition coefficient (Wildman–Crippen LogP) is 6.29. The molecule has 1 amide bonds. The first-order valence-corrected chi connectivity index (χ1v) is 16.4. The van der Waals surface area contributed by atoms with Gasteiger partial charge < -0.3 is 24.0 Å². The van der Waals surface area contributed by atoms with Crippen molar-refractivity contribution in [3.05, 3.63) is 87.3 Å². The lowest BCUT2D eigenvalue weighted by atomic mass is 9.96. The molecule has 0 radical (unpaired) electrons. The largest absolute Gasteiger partial charge is 0.472 e. The summed E-state index contributed by atoms with van der Waals surface area (Å²) in [5.41, 5.74) is 4.79. The van der Waals surface area contributed by atoms with Gasteiger partial charge in [-0.2, -0.15) is 9.90 Å². The number of anilines is 1. The molecule has 5 heterocycles. The maximum Gasteiger partial charge on any atom is 0.340 e. The Morgan fingerprint density at radius 3 is 2.47 bits per heavy atom. The first-order chi connectivity index (χ1) is 23.7. The van der Waals surface area contributed by atoms with Gasteiger partial charge in [0.05, 0.1) is 65.8 Å². The van der Waals surface area contributed by atoms with E-state index in [0.29, 0.717) is 52.5 Å². The van der Waals surface area contributed by atoms with E-state index in [1.807, 2.05) is 6.07 Å². The number of aryl methyl sites for hydroxylation is 1. The van der Waals surface area contributed by atoms with E-state index in [1.54, 1.807) is 49.6 Å². The molecule has 0 aliphatic carbocycles. The van der Waals surface area contributed by atoms with E-state index in [9.17, 15) is 9.59 Å². The number of morpholine rings is 1. The van der Waals surface area contributed by atoms with E-state index in [2.05, 4.69) is 20.1 Å². The molecule has 2 bridgehead atoms. The van der Waals surface area contributed by atoms with Crippen molar-refractivity contribution >= 4 is 51.9 Å². The van der Waals surface area contributed by atoms with Crippen LogP contribution in [-0.4, -0.2) is 75.9 Å². The molecule has 3 aliphatic heterocycles. The lowest BCUT2D eigenvalue weighted by molar-refractivity contribution is 0.0515. The fourth-order valence-corrected chi connectivity index (χ4v) is 7.78. The molecular formula is C35H29Cl2FN6O5. The Kier molecular flexibility index (Phi) is 7.89. The van der Waals surface area contributed by atoms with Crippen LogP contribution in [0.4, 0.5) is 10.1 Å². The molecule has 2 saturated heterocycles. The molecule has 3 aromatic carbocycles. The van der Waals surface area contributed by atoms with Crippen molar-refractivity contribution in [2.75, 3.05) is 32.0 Å². The Morgan fingerprint density at radius 1 is 0.980 bits per heavy atom. The van der Waals surface area contributed by atoms with Crippen molar-refractivity contribution in [1.29, 1.82) is 0 Å². The molecule has 2 fully saturated rings. The van der Waals surface area contributed by atoms with Gasteiger partial charge in [-0.15, -0.1) is 5.10 Å². The zero-order valence-corrected chi connectivity index (χ0v) is 28.0. The maximum absolute atomic E-state index is 15.9. The molecule has 0 saturated carbocycles. The number of hydrogen-bond donors (Lipinski definition) is 0. The normalized spacial score (nSPS) is 18.4. The number of hydrogen-bond acceptors (Lipinski definition) is 9. The standard InChI is InChI=1S/C35H29Cl2FN6O5/c1-42-40-31-22(8-9-39-33(31)41-42)19-10-26(36)30(27(37)11-19)34(45)43-14-18-4-3-5-23(32(18)49-17-43)24-13-29(25(12-28(24)38)35(46)47-2)44-20-6-7-21(44)16-48-15-20/h3-5,8-13,20-21H,6-7,14-17H2,1-2H3. The van der Waals surface area contributed by atoms with E-state index in [1.165, 1.54) is 22.9 Å². The molecule has 0 spiro atoms. The minimum atomic E-state index is -0.611. The van der Waals surface area contributed by atoms with E-state index in [4.69, 9.17) is 37.4 Å². The van der Waals surface area contributed by atoms with Crippen LogP contribution in [0.1, 0.15) is 39.1 Å². The summed E-state index contributed by atoms with van der Waals surface area (Å²) >= 11 is 13.4. The van der Waals surface area contributed by atoms with Gasteiger partial charge in [-0.05, 0) is 48.7 Å². The quantitative estimate of drug-likeness (QED) is 0.195. The van der Waals surface area contributed by atoms with Gasteiger partial charge in [-0.25, -0.2) is 14.2 Å². The van der Waals surface area contributed by atoms with Crippen LogP contribution in [0.25, 0.3) is 33.4 Å². The topological polar surface area (TPSA) is 112 Å². The zero-order valence-electron chi connectivity index (χ0n) is 26.5. The molecule has 2 unspecified atom stereocenters. The first-order valence-electron chi connectivity index (χ1n) is 15.7. The van der Waals surface area contributed by atoms with Gasteiger partial charge in [0.15, 0.2) is 6.73 Å². The van der Waals surface area contributed by atoms with Crippen LogP contribution in [0.2, 0.25) is 10.0 Å². The molecule has 5 aromatic rings. The smallest absolute Gasteiger partial charge is 0.340 e. The number of halogens is 3. The SMILES string of the molecule is COC(=O)c1cc(F)c(-c2cccc3c2OCN(C(=O)c2c(Cl)cc(-c4ccnc5nn(C)nc45)cc2Cl)C3)cc1N1C2CCC1COC2. The molecule has 250 valence electrons. The third kappa shape index (κ3) is 5.34. The lowest BCUT2D eigenvalue weighted by Crippen LogP contribution is -2.46. The summed E-state index contributed by atoms with van der Waals surface area (Å²) in [5.74, 6) is -1.17. The van der Waals surface area contributed by atoms with E-state index in [0.717, 1.165) is 18.4 Å². The van der Waals surface area contributed by atoms with Gasteiger partial charge in [0.2, 0.25) is 5.65 Å². The number of nitrogens with zero attached hydrogens (tertiary/aromatic N) is 6. The number of carbonyl (C=O) groups excluding carboxylic acids is 2. The van der Waals surface area contributed by atoms with E-state index < -0.39 is 17.7 Å². The van der Waals surface area contributed by atoms with Crippen LogP contribution in [0.5, 0.6) is 5.75 Å². The summed E-state index contributed by atoms with van der Waals surface area (Å²) in [5, 5.41) is 8.99. The second-order valence-electron chi connectivity index (χ2n) is 12.3. The van der Waals surface area contributed by atoms with Crippen LogP contribution in [0.3, 0.4) is 0 Å². The number of methoxy groups -OCH3 is 1. The fraction of sp³-hybridized carbons (Fsp3) is 0.286. The monoisotopic (exact) mass is 702 g/mol. The Hall–Kier alpha value is -4.78. The average Bonchev–Trinajstić information content (AvgIpc) is 3.60. The number of carbonyl (C=O) groups is 2. The second-order valence-corrected chi connectivity index (χ2v) is 13.1. The molecular weight excluding hydrogens is 674 g/mol. The van der Waals surface area contributed by atoms with Gasteiger partial charge in [0, 0.05) is 35.5 Å². The van der Waals surface area contributed by atoms with Crippen molar-refractivity contribution < 1.29 is 28.2 Å². The highest BCUT2D eigenvalue weighted by Crippen LogP contribution is 2.44. The highest BCUT2D eigenvalue weighted by atomic mass is 35.5. The molecule has 11 nitrogen and oxygen atoms in total. The Bertz CT molecular complexity index is 2140. The Labute approximate surface area is 290 Å². The minimum Gasteiger partial charge on any atom is -0.472 e. The highest BCUT2D eigenvalue weighted by molar-refractivity contribution is 6.40.